The van der Waals surface area contributed by atoms with Gasteiger partial charge in [-0.3, -0.25) is 19.3 Å². The summed E-state index contributed by atoms with van der Waals surface area (Å²) in [5.41, 5.74) is 1.40. The topological polar surface area (TPSA) is 83.9 Å². The molecule has 2 aromatic carbocycles. The van der Waals surface area contributed by atoms with Crippen molar-refractivity contribution in [1.82, 2.24) is 4.90 Å². The van der Waals surface area contributed by atoms with Crippen molar-refractivity contribution in [2.45, 2.75) is 6.61 Å². The number of imide groups is 1. The highest BCUT2D eigenvalue weighted by molar-refractivity contribution is 8.18. The first-order chi connectivity index (χ1) is 13.3. The Hall–Kier alpha value is -2.48. The van der Waals surface area contributed by atoms with Crippen LogP contribution in [0, 0.1) is 0 Å². The zero-order valence-electron chi connectivity index (χ0n) is 14.2. The van der Waals surface area contributed by atoms with Crippen LogP contribution in [0.15, 0.2) is 47.4 Å². The molecule has 0 spiro atoms. The van der Waals surface area contributed by atoms with E-state index in [4.69, 9.17) is 33.0 Å². The largest absolute Gasteiger partial charge is 0.488 e. The molecule has 2 amide bonds. The van der Waals surface area contributed by atoms with Crippen molar-refractivity contribution in [3.8, 4) is 5.75 Å². The molecule has 1 saturated heterocycles. The van der Waals surface area contributed by atoms with Gasteiger partial charge in [0.05, 0.1) is 15.0 Å². The maximum atomic E-state index is 12.3. The molecule has 9 heteroatoms. The van der Waals surface area contributed by atoms with Gasteiger partial charge in [0, 0.05) is 5.56 Å². The van der Waals surface area contributed by atoms with Gasteiger partial charge in [-0.15, -0.1) is 0 Å². The number of halogens is 2. The fourth-order valence-corrected chi connectivity index (χ4v) is 3.58. The number of nitrogens with zero attached hydrogens (tertiary/aromatic N) is 1. The molecule has 0 bridgehead atoms. The van der Waals surface area contributed by atoms with E-state index in [0.29, 0.717) is 38.0 Å². The number of hydrogen-bond donors (Lipinski definition) is 1. The molecule has 0 aliphatic carbocycles. The number of benzene rings is 2. The first-order valence-corrected chi connectivity index (χ1v) is 9.55. The summed E-state index contributed by atoms with van der Waals surface area (Å²) in [5.74, 6) is -1.40. The summed E-state index contributed by atoms with van der Waals surface area (Å²) in [7, 11) is 0. The van der Waals surface area contributed by atoms with E-state index in [2.05, 4.69) is 0 Å². The van der Waals surface area contributed by atoms with Crippen LogP contribution < -0.4 is 4.74 Å². The van der Waals surface area contributed by atoms with E-state index in [0.717, 1.165) is 5.56 Å². The number of carboxylic acid groups (broad SMARTS) is 1. The predicted molar refractivity (Wildman–Crippen MR) is 108 cm³/mol. The Morgan fingerprint density at radius 2 is 1.89 bits per heavy atom. The molecule has 0 radical (unpaired) electrons. The van der Waals surface area contributed by atoms with Crippen LogP contribution in [-0.4, -0.2) is 33.7 Å². The standard InChI is InChI=1S/C19H13Cl2NO5S/c20-13-6-5-11(7-14(13)21)10-27-15-4-2-1-3-12(15)8-16-18(25)22(9-17(23)24)19(26)28-16/h1-8H,9-10H2,(H,23,24)/b16-8+. The molecule has 144 valence electrons. The molecule has 1 aliphatic heterocycles. The molecule has 1 aliphatic rings. The van der Waals surface area contributed by atoms with Crippen molar-refractivity contribution in [2.75, 3.05) is 6.54 Å². The lowest BCUT2D eigenvalue weighted by atomic mass is 10.1. The molecule has 3 rings (SSSR count). The number of rotatable bonds is 6. The molecule has 1 fully saturated rings. The van der Waals surface area contributed by atoms with Gasteiger partial charge in [-0.25, -0.2) is 0 Å². The molecule has 1 N–H and O–H groups in total. The first-order valence-electron chi connectivity index (χ1n) is 7.98. The highest BCUT2D eigenvalue weighted by Crippen LogP contribution is 2.34. The summed E-state index contributed by atoms with van der Waals surface area (Å²) in [4.78, 5) is 35.8. The molecule has 2 aromatic rings. The van der Waals surface area contributed by atoms with Crippen LogP contribution in [0.4, 0.5) is 4.79 Å². The van der Waals surface area contributed by atoms with Crippen molar-refractivity contribution in [1.29, 1.82) is 0 Å². The normalized spacial score (nSPS) is 15.4. The second-order valence-electron chi connectivity index (χ2n) is 5.74. The summed E-state index contributed by atoms with van der Waals surface area (Å²) in [6.45, 7) is -0.445. The van der Waals surface area contributed by atoms with Crippen molar-refractivity contribution >= 4 is 58.2 Å². The number of carboxylic acids is 1. The van der Waals surface area contributed by atoms with E-state index in [-0.39, 0.29) is 11.5 Å². The molecule has 1 heterocycles. The average molecular weight is 438 g/mol. The molecule has 0 unspecified atom stereocenters. The van der Waals surface area contributed by atoms with Gasteiger partial charge in [-0.05, 0) is 41.6 Å². The number of para-hydroxylation sites is 1. The molecular formula is C19H13Cl2NO5S. The quantitative estimate of drug-likeness (QED) is 0.659. The van der Waals surface area contributed by atoms with E-state index in [9.17, 15) is 14.4 Å². The van der Waals surface area contributed by atoms with E-state index in [1.165, 1.54) is 6.08 Å². The third kappa shape index (κ3) is 4.67. The lowest BCUT2D eigenvalue weighted by molar-refractivity contribution is -0.140. The van der Waals surface area contributed by atoms with E-state index in [1.807, 2.05) is 0 Å². The first kappa shape index (κ1) is 20.3. The zero-order chi connectivity index (χ0) is 20.3. The summed E-state index contributed by atoms with van der Waals surface area (Å²) in [6, 6.07) is 12.2. The van der Waals surface area contributed by atoms with Gasteiger partial charge in [0.15, 0.2) is 0 Å². The number of carbonyl (C=O) groups excluding carboxylic acids is 2. The van der Waals surface area contributed by atoms with Gasteiger partial charge in [0.25, 0.3) is 11.1 Å². The van der Waals surface area contributed by atoms with Gasteiger partial charge in [0.2, 0.25) is 0 Å². The third-order valence-corrected chi connectivity index (χ3v) is 5.40. The highest BCUT2D eigenvalue weighted by atomic mass is 35.5. The van der Waals surface area contributed by atoms with Crippen LogP contribution in [0.1, 0.15) is 11.1 Å². The van der Waals surface area contributed by atoms with Crippen molar-refractivity contribution in [2.24, 2.45) is 0 Å². The van der Waals surface area contributed by atoms with Gasteiger partial charge in [0.1, 0.15) is 18.9 Å². The second-order valence-corrected chi connectivity index (χ2v) is 7.54. The Balaban J connectivity index is 1.79. The molecule has 0 atom stereocenters. The number of amides is 2. The Bertz CT molecular complexity index is 992. The molecule has 28 heavy (non-hydrogen) atoms. The van der Waals surface area contributed by atoms with E-state index < -0.39 is 23.7 Å². The lowest BCUT2D eigenvalue weighted by Crippen LogP contribution is -2.33. The van der Waals surface area contributed by atoms with Crippen LogP contribution in [0.2, 0.25) is 10.0 Å². The van der Waals surface area contributed by atoms with Crippen molar-refractivity contribution in [3.63, 3.8) is 0 Å². The smallest absolute Gasteiger partial charge is 0.323 e. The molecular weight excluding hydrogens is 425 g/mol. The summed E-state index contributed by atoms with van der Waals surface area (Å²) < 4.78 is 5.82. The minimum atomic E-state index is -1.26. The van der Waals surface area contributed by atoms with Crippen molar-refractivity contribution in [3.05, 3.63) is 68.5 Å². The number of thioether (sulfide) groups is 1. The van der Waals surface area contributed by atoms with Crippen LogP contribution in [-0.2, 0) is 16.2 Å². The van der Waals surface area contributed by atoms with Crippen LogP contribution >= 0.6 is 35.0 Å². The van der Waals surface area contributed by atoms with Gasteiger partial charge < -0.3 is 9.84 Å². The van der Waals surface area contributed by atoms with Gasteiger partial charge >= 0.3 is 5.97 Å². The maximum absolute atomic E-state index is 12.3. The predicted octanol–water partition coefficient (Wildman–Crippen LogP) is 4.69. The maximum Gasteiger partial charge on any atom is 0.323 e. The van der Waals surface area contributed by atoms with Crippen LogP contribution in [0.3, 0.4) is 0 Å². The summed E-state index contributed by atoms with van der Waals surface area (Å²) in [5, 5.41) is 9.08. The highest BCUT2D eigenvalue weighted by Gasteiger charge is 2.36. The fourth-order valence-electron chi connectivity index (χ4n) is 2.43. The number of ether oxygens (including phenoxy) is 1. The Morgan fingerprint density at radius 1 is 1.14 bits per heavy atom. The number of carbonyl (C=O) groups is 3. The third-order valence-electron chi connectivity index (χ3n) is 3.75. The molecule has 0 saturated carbocycles. The van der Waals surface area contributed by atoms with Crippen molar-refractivity contribution < 1.29 is 24.2 Å². The van der Waals surface area contributed by atoms with Crippen LogP contribution in [0.5, 0.6) is 5.75 Å². The SMILES string of the molecule is O=C(O)CN1C(=O)S/C(=C/c2ccccc2OCc2ccc(Cl)c(Cl)c2)C1=O. The lowest BCUT2D eigenvalue weighted by Gasteiger charge is -2.10. The average Bonchev–Trinajstić information content (AvgIpc) is 2.91. The fraction of sp³-hybridized carbons (Fsp3) is 0.105. The number of hydrogen-bond acceptors (Lipinski definition) is 5. The summed E-state index contributed by atoms with van der Waals surface area (Å²) in [6.07, 6.45) is 1.51. The summed E-state index contributed by atoms with van der Waals surface area (Å²) >= 11 is 12.6. The minimum Gasteiger partial charge on any atom is -0.488 e. The zero-order valence-corrected chi connectivity index (χ0v) is 16.6. The Labute approximate surface area is 174 Å². The molecule has 0 aromatic heterocycles. The van der Waals surface area contributed by atoms with E-state index in [1.54, 1.807) is 42.5 Å². The Kier molecular flexibility index (Phi) is 6.28. The number of aliphatic carboxylic acids is 1. The van der Waals surface area contributed by atoms with E-state index >= 15 is 0 Å². The van der Waals surface area contributed by atoms with Crippen LogP contribution in [0.25, 0.3) is 6.08 Å². The van der Waals surface area contributed by atoms with Gasteiger partial charge in [-0.2, -0.15) is 0 Å². The molecule has 6 nitrogen and oxygen atoms in total. The monoisotopic (exact) mass is 437 g/mol. The van der Waals surface area contributed by atoms with Gasteiger partial charge in [-0.1, -0.05) is 47.5 Å². The minimum absolute atomic E-state index is 0.136. The Morgan fingerprint density at radius 3 is 2.61 bits per heavy atom. The second kappa shape index (κ2) is 8.68.